The van der Waals surface area contributed by atoms with Crippen molar-refractivity contribution in [3.8, 4) is 0 Å². The van der Waals surface area contributed by atoms with Crippen LogP contribution in [0, 0.1) is 0 Å². The lowest BCUT2D eigenvalue weighted by Crippen LogP contribution is -2.19. The highest BCUT2D eigenvalue weighted by Gasteiger charge is 2.15. The van der Waals surface area contributed by atoms with Gasteiger partial charge in [-0.15, -0.1) is 0 Å². The second kappa shape index (κ2) is 11.9. The van der Waals surface area contributed by atoms with Gasteiger partial charge in [-0.05, 0) is 18.7 Å². The monoisotopic (exact) mass is 309 g/mol. The van der Waals surface area contributed by atoms with Crippen molar-refractivity contribution in [3.05, 3.63) is 67.8 Å². The summed E-state index contributed by atoms with van der Waals surface area (Å²) in [6.45, 7) is 18.0. The number of hydrogen-bond donors (Lipinski definition) is 1. The number of allylic oxidation sites excluding steroid dienone is 2. The van der Waals surface area contributed by atoms with E-state index in [2.05, 4.69) is 31.0 Å². The van der Waals surface area contributed by atoms with Crippen LogP contribution in [0.25, 0.3) is 12.2 Å². The Morgan fingerprint density at radius 3 is 1.90 bits per heavy atom. The molecule has 0 aliphatic rings. The number of sulfonamides is 1. The quantitative estimate of drug-likeness (QED) is 0.813. The summed E-state index contributed by atoms with van der Waals surface area (Å²) >= 11 is 0. The highest BCUT2D eigenvalue weighted by Crippen LogP contribution is 2.21. The number of nitrogens with one attached hydrogen (secondary N) is 1. The molecule has 118 valence electrons. The molecule has 1 N–H and O–H groups in total. The largest absolute Gasteiger partial charge is 0.240 e. The van der Waals surface area contributed by atoms with Crippen LogP contribution in [0.4, 0.5) is 0 Å². The highest BCUT2D eigenvalue weighted by atomic mass is 32.2. The van der Waals surface area contributed by atoms with E-state index >= 15 is 0 Å². The molecule has 3 nitrogen and oxygen atoms in total. The maximum absolute atomic E-state index is 11.7. The molecule has 0 spiro atoms. The number of rotatable bonds is 5. The first-order valence-corrected chi connectivity index (χ1v) is 8.01. The van der Waals surface area contributed by atoms with Gasteiger partial charge in [-0.2, -0.15) is 0 Å². The van der Waals surface area contributed by atoms with Gasteiger partial charge in [0.15, 0.2) is 0 Å². The normalized spacial score (nSPS) is 9.10. The second-order valence-corrected chi connectivity index (χ2v) is 5.20. The van der Waals surface area contributed by atoms with E-state index in [4.69, 9.17) is 0 Å². The molecular weight excluding hydrogens is 282 g/mol. The van der Waals surface area contributed by atoms with Gasteiger partial charge in [0.2, 0.25) is 10.0 Å². The molecule has 4 heteroatoms. The molecule has 21 heavy (non-hydrogen) atoms. The van der Waals surface area contributed by atoms with Gasteiger partial charge in [0.05, 0.1) is 4.90 Å². The van der Waals surface area contributed by atoms with Crippen LogP contribution in [0.3, 0.4) is 0 Å². The van der Waals surface area contributed by atoms with E-state index in [-0.39, 0.29) is 6.32 Å². The molecule has 1 rings (SSSR count). The van der Waals surface area contributed by atoms with Gasteiger partial charge < -0.3 is 0 Å². The van der Waals surface area contributed by atoms with Gasteiger partial charge >= 0.3 is 0 Å². The van der Waals surface area contributed by atoms with Gasteiger partial charge in [0, 0.05) is 6.99 Å². The Bertz CT molecular complexity index is 572. The van der Waals surface area contributed by atoms with Gasteiger partial charge in [0.25, 0.3) is 0 Å². The van der Waals surface area contributed by atoms with Crippen LogP contribution in [-0.2, 0) is 10.0 Å². The summed E-state index contributed by atoms with van der Waals surface area (Å²) < 4.78 is 25.6. The van der Waals surface area contributed by atoms with Gasteiger partial charge in [-0.25, -0.2) is 13.1 Å². The molecule has 0 aliphatic carbocycles. The third-order valence-electron chi connectivity index (χ3n) is 2.25. The third-order valence-corrected chi connectivity index (χ3v) is 3.72. The molecule has 0 heterocycles. The van der Waals surface area contributed by atoms with Crippen molar-refractivity contribution < 1.29 is 9.84 Å². The lowest BCUT2D eigenvalue weighted by Gasteiger charge is -2.08. The summed E-state index contributed by atoms with van der Waals surface area (Å²) in [5.74, 6) is 0. The molecule has 0 amide bonds. The molecule has 1 aromatic carbocycles. The first-order chi connectivity index (χ1) is 9.98. The average molecular weight is 309 g/mol. The van der Waals surface area contributed by atoms with Crippen molar-refractivity contribution in [2.75, 3.05) is 7.05 Å². The van der Waals surface area contributed by atoms with Crippen molar-refractivity contribution in [2.45, 2.75) is 18.7 Å². The minimum atomic E-state index is -3.44. The minimum absolute atomic E-state index is 0. The SMILES string of the molecule is C=CC=C.C=Cc1cccc(S(=O)(=O)NC)c1C=C.CC.[HH]. The van der Waals surface area contributed by atoms with E-state index in [1.54, 1.807) is 30.4 Å². The summed E-state index contributed by atoms with van der Waals surface area (Å²) in [4.78, 5) is 0.220. The van der Waals surface area contributed by atoms with E-state index in [1.165, 1.54) is 19.2 Å². The maximum atomic E-state index is 11.7. The van der Waals surface area contributed by atoms with Gasteiger partial charge in [-0.3, -0.25) is 0 Å². The van der Waals surface area contributed by atoms with E-state index in [1.807, 2.05) is 13.8 Å². The Morgan fingerprint density at radius 2 is 1.57 bits per heavy atom. The number of hydrogen-bond acceptors (Lipinski definition) is 2. The first kappa shape index (κ1) is 21.4. The molecule has 0 unspecified atom stereocenters. The summed E-state index contributed by atoms with van der Waals surface area (Å²) in [5, 5.41) is 0. The average Bonchev–Trinajstić information content (AvgIpc) is 2.55. The molecule has 0 saturated carbocycles. The van der Waals surface area contributed by atoms with Crippen LogP contribution >= 0.6 is 0 Å². The van der Waals surface area contributed by atoms with Crippen molar-refractivity contribution >= 4 is 22.2 Å². The second-order valence-electron chi connectivity index (χ2n) is 3.35. The zero-order chi connectivity index (χ0) is 16.9. The maximum Gasteiger partial charge on any atom is 0.240 e. The molecule has 0 atom stereocenters. The van der Waals surface area contributed by atoms with E-state index in [0.717, 1.165) is 5.56 Å². The first-order valence-electron chi connectivity index (χ1n) is 6.53. The molecule has 1 aromatic rings. The Labute approximate surface area is 130 Å². The Kier molecular flexibility index (Phi) is 12.1. The Hall–Kier alpha value is -1.91. The Balaban J connectivity index is -0.000000448. The predicted molar refractivity (Wildman–Crippen MR) is 96.7 cm³/mol. The standard InChI is InChI=1S/C11H13NO2S.C4H6.C2H6.H2/c1-4-9-7-6-8-11(10(9)5-2)15(13,14)12-3;1-3-4-2;1-2;/h4-8,12H,1-2H2,3H3;3-4H,1-2H2;1-2H3;1H. The van der Waals surface area contributed by atoms with Crippen LogP contribution in [-0.4, -0.2) is 15.5 Å². The fraction of sp³-hybridized carbons (Fsp3) is 0.176. The fourth-order valence-corrected chi connectivity index (χ4v) is 2.27. The predicted octanol–water partition coefficient (Wildman–Crippen LogP) is 4.51. The van der Waals surface area contributed by atoms with Crippen LogP contribution < -0.4 is 4.72 Å². The van der Waals surface area contributed by atoms with E-state index < -0.39 is 10.0 Å². The molecule has 0 bridgehead atoms. The summed E-state index contributed by atoms with van der Waals surface area (Å²) in [5.41, 5.74) is 1.32. The molecule has 0 fully saturated rings. The minimum Gasteiger partial charge on any atom is -0.214 e. The van der Waals surface area contributed by atoms with Gasteiger partial charge in [0.1, 0.15) is 0 Å². The summed E-state index contributed by atoms with van der Waals surface area (Å²) in [6, 6.07) is 5.00. The van der Waals surface area contributed by atoms with Crippen LogP contribution in [0.1, 0.15) is 26.4 Å². The molecule has 0 aromatic heterocycles. The lowest BCUT2D eigenvalue weighted by atomic mass is 10.1. The topological polar surface area (TPSA) is 46.2 Å². The van der Waals surface area contributed by atoms with Crippen LogP contribution in [0.15, 0.2) is 61.6 Å². The van der Waals surface area contributed by atoms with Crippen molar-refractivity contribution in [2.24, 2.45) is 0 Å². The zero-order valence-corrected chi connectivity index (χ0v) is 13.9. The van der Waals surface area contributed by atoms with Crippen molar-refractivity contribution in [1.82, 2.24) is 4.72 Å². The molecule has 0 aliphatic heterocycles. The van der Waals surface area contributed by atoms with Crippen molar-refractivity contribution in [3.63, 3.8) is 0 Å². The van der Waals surface area contributed by atoms with Crippen LogP contribution in [0.5, 0.6) is 0 Å². The molecular formula is C17H27NO2S. The number of benzene rings is 1. The summed E-state index contributed by atoms with van der Waals surface area (Å²) in [7, 11) is -2.06. The smallest absolute Gasteiger partial charge is 0.214 e. The fourth-order valence-electron chi connectivity index (χ4n) is 1.30. The van der Waals surface area contributed by atoms with Crippen LogP contribution in [0.2, 0.25) is 0 Å². The van der Waals surface area contributed by atoms with E-state index in [9.17, 15) is 8.42 Å². The van der Waals surface area contributed by atoms with Gasteiger partial charge in [-0.1, -0.05) is 76.6 Å². The molecule has 0 saturated heterocycles. The Morgan fingerprint density at radius 1 is 1.05 bits per heavy atom. The van der Waals surface area contributed by atoms with E-state index in [0.29, 0.717) is 5.56 Å². The summed E-state index contributed by atoms with van der Waals surface area (Å²) in [6.07, 6.45) is 6.40. The molecule has 0 radical (unpaired) electrons. The van der Waals surface area contributed by atoms with Crippen molar-refractivity contribution in [1.29, 1.82) is 0 Å². The third kappa shape index (κ3) is 6.88. The zero-order valence-electron chi connectivity index (χ0n) is 13.1. The lowest BCUT2D eigenvalue weighted by molar-refractivity contribution is 0.588. The highest BCUT2D eigenvalue weighted by molar-refractivity contribution is 7.89.